The van der Waals surface area contributed by atoms with Crippen LogP contribution in [-0.2, 0) is 11.2 Å². The van der Waals surface area contributed by atoms with Crippen LogP contribution in [0.15, 0.2) is 48.7 Å². The molecule has 148 valence electrons. The van der Waals surface area contributed by atoms with Crippen LogP contribution < -0.4 is 5.73 Å². The Labute approximate surface area is 168 Å². The van der Waals surface area contributed by atoms with E-state index >= 15 is 0 Å². The fraction of sp³-hybridized carbons (Fsp3) is 0.250. The van der Waals surface area contributed by atoms with E-state index in [1.165, 1.54) is 4.90 Å². The van der Waals surface area contributed by atoms with Crippen molar-refractivity contribution in [2.24, 2.45) is 5.73 Å². The summed E-state index contributed by atoms with van der Waals surface area (Å²) in [5, 5.41) is 10.8. The first-order valence-corrected chi connectivity index (χ1v) is 9.03. The highest BCUT2D eigenvalue weighted by Gasteiger charge is 2.16. The smallest absolute Gasteiger partial charge is 0.265 e. The van der Waals surface area contributed by atoms with Crippen LogP contribution >= 0.6 is 11.6 Å². The van der Waals surface area contributed by atoms with Crippen molar-refractivity contribution in [3.8, 4) is 0 Å². The number of aliphatic hydroxyl groups excluding tert-OH is 1. The number of carbonyl (C=O) groups excluding carboxylic acids is 2. The predicted octanol–water partition coefficient (Wildman–Crippen LogP) is 2.38. The Bertz CT molecular complexity index is 941. The molecule has 28 heavy (non-hydrogen) atoms. The minimum Gasteiger partial charge on any atom is -0.383 e. The zero-order chi connectivity index (χ0) is 20.7. The lowest BCUT2D eigenvalue weighted by molar-refractivity contribution is -0.137. The first-order valence-electron chi connectivity index (χ1n) is 8.65. The minimum absolute atomic E-state index is 0.231. The topological polar surface area (TPSA) is 112 Å². The molecule has 0 aliphatic carbocycles. The summed E-state index contributed by atoms with van der Waals surface area (Å²) in [6.45, 7) is 0. The van der Waals surface area contributed by atoms with Gasteiger partial charge in [-0.25, -0.2) is 4.98 Å². The Kier molecular flexibility index (Phi) is 7.54. The molecule has 2 aromatic heterocycles. The molecule has 2 heterocycles. The number of halogens is 1. The lowest BCUT2D eigenvalue weighted by atomic mass is 10.1. The molecule has 0 saturated carbocycles. The van der Waals surface area contributed by atoms with Crippen LogP contribution in [0.4, 0.5) is 0 Å². The summed E-state index contributed by atoms with van der Waals surface area (Å²) in [5.41, 5.74) is 7.34. The van der Waals surface area contributed by atoms with Crippen LogP contribution in [0.25, 0.3) is 10.9 Å². The highest BCUT2D eigenvalue weighted by molar-refractivity contribution is 6.30. The van der Waals surface area contributed by atoms with Gasteiger partial charge in [-0.3, -0.25) is 9.59 Å². The number of hydrogen-bond donors (Lipinski definition) is 3. The second kappa shape index (κ2) is 9.87. The number of likely N-dealkylation sites (N-methyl/N-ethyl adjacent to an activating group) is 1. The number of primary amides is 1. The van der Waals surface area contributed by atoms with Crippen LogP contribution in [0.3, 0.4) is 0 Å². The summed E-state index contributed by atoms with van der Waals surface area (Å²) in [4.78, 5) is 30.2. The van der Waals surface area contributed by atoms with Gasteiger partial charge in [0.1, 0.15) is 17.0 Å². The van der Waals surface area contributed by atoms with Gasteiger partial charge in [0, 0.05) is 19.5 Å². The first-order chi connectivity index (χ1) is 13.3. The van der Waals surface area contributed by atoms with Gasteiger partial charge in [-0.1, -0.05) is 41.9 Å². The molecule has 3 aromatic rings. The number of aryl methyl sites for hydroxylation is 1. The summed E-state index contributed by atoms with van der Waals surface area (Å²) in [6.07, 6.45) is 1.87. The number of nitrogens with one attached hydrogen (secondary N) is 1. The van der Waals surface area contributed by atoms with Gasteiger partial charge in [-0.15, -0.1) is 0 Å². The maximum atomic E-state index is 11.3. The van der Waals surface area contributed by atoms with E-state index in [4.69, 9.17) is 17.3 Å². The van der Waals surface area contributed by atoms with E-state index in [0.717, 1.165) is 22.9 Å². The van der Waals surface area contributed by atoms with Crippen molar-refractivity contribution in [1.82, 2.24) is 14.9 Å². The van der Waals surface area contributed by atoms with Crippen LogP contribution in [0, 0.1) is 0 Å². The quantitative estimate of drug-likeness (QED) is 0.568. The van der Waals surface area contributed by atoms with Gasteiger partial charge in [0.15, 0.2) is 0 Å². The second-order valence-electron chi connectivity index (χ2n) is 6.41. The van der Waals surface area contributed by atoms with Gasteiger partial charge in [-0.2, -0.15) is 0 Å². The van der Waals surface area contributed by atoms with Gasteiger partial charge in [0.25, 0.3) is 11.8 Å². The van der Waals surface area contributed by atoms with E-state index in [1.807, 2.05) is 30.3 Å². The summed E-state index contributed by atoms with van der Waals surface area (Å²) >= 11 is 5.67. The Morgan fingerprint density at radius 2 is 1.93 bits per heavy atom. The maximum absolute atomic E-state index is 11.3. The molecule has 0 radical (unpaired) electrons. The van der Waals surface area contributed by atoms with Gasteiger partial charge in [-0.05, 0) is 30.5 Å². The Morgan fingerprint density at radius 1 is 1.25 bits per heavy atom. The molecule has 0 aliphatic rings. The number of fused-ring (bicyclic) bond motifs is 1. The molecular formula is C20H23ClN4O3. The molecule has 4 N–H and O–H groups in total. The van der Waals surface area contributed by atoms with E-state index in [2.05, 4.69) is 9.97 Å². The van der Waals surface area contributed by atoms with Crippen molar-refractivity contribution in [2.45, 2.75) is 18.9 Å². The first kappa shape index (κ1) is 21.4. The summed E-state index contributed by atoms with van der Waals surface area (Å²) < 4.78 is 0. The average Bonchev–Trinajstić information content (AvgIpc) is 3.10. The van der Waals surface area contributed by atoms with Gasteiger partial charge in [0.05, 0.1) is 11.7 Å². The molecule has 0 fully saturated rings. The Morgan fingerprint density at radius 3 is 2.54 bits per heavy atom. The lowest BCUT2D eigenvalue weighted by Crippen LogP contribution is -2.33. The van der Waals surface area contributed by atoms with E-state index in [9.17, 15) is 14.7 Å². The van der Waals surface area contributed by atoms with Crippen LogP contribution in [-0.4, -0.2) is 52.0 Å². The Hall–Kier alpha value is -2.90. The molecule has 0 saturated heterocycles. The second-order valence-corrected chi connectivity index (χ2v) is 6.80. The molecule has 1 atom stereocenters. The highest BCUT2D eigenvalue weighted by atomic mass is 35.5. The van der Waals surface area contributed by atoms with Gasteiger partial charge >= 0.3 is 0 Å². The molecule has 3 rings (SSSR count). The van der Waals surface area contributed by atoms with Crippen LogP contribution in [0.5, 0.6) is 0 Å². The number of pyridine rings is 1. The number of nitrogens with zero attached hydrogens (tertiary/aromatic N) is 2. The van der Waals surface area contributed by atoms with Crippen molar-refractivity contribution in [1.29, 1.82) is 0 Å². The predicted molar refractivity (Wildman–Crippen MR) is 109 cm³/mol. The third-order valence-corrected chi connectivity index (χ3v) is 4.22. The lowest BCUT2D eigenvalue weighted by Gasteiger charge is -2.15. The normalized spacial score (nSPS) is 11.4. The third kappa shape index (κ3) is 6.07. The summed E-state index contributed by atoms with van der Waals surface area (Å²) in [6, 6.07) is 13.2. The molecule has 1 unspecified atom stereocenters. The monoisotopic (exact) mass is 402 g/mol. The van der Waals surface area contributed by atoms with Crippen molar-refractivity contribution in [3.05, 3.63) is 65.1 Å². The SMILES string of the molecule is CN(C)C(=O)C(O)CCc1ccccc1.NC(=O)c1cc2cc(Cl)ncc2[nH]1. The summed E-state index contributed by atoms with van der Waals surface area (Å²) in [5.74, 6) is -0.724. The van der Waals surface area contributed by atoms with Crippen molar-refractivity contribution in [3.63, 3.8) is 0 Å². The van der Waals surface area contributed by atoms with Crippen LogP contribution in [0.2, 0.25) is 5.15 Å². The number of aromatic amines is 1. The molecule has 1 aromatic carbocycles. The number of hydrogen-bond acceptors (Lipinski definition) is 4. The van der Waals surface area contributed by atoms with Crippen molar-refractivity contribution < 1.29 is 14.7 Å². The molecule has 0 bridgehead atoms. The Balaban J connectivity index is 0.000000202. The number of aromatic nitrogens is 2. The number of H-pyrrole nitrogens is 1. The standard InChI is InChI=1S/C12H17NO2.C8H6ClN3O/c1-13(2)12(15)11(14)9-8-10-6-4-3-5-7-10;9-7-2-4-1-5(8(10)13)12-6(4)3-11-7/h3-7,11,14H,8-9H2,1-2H3;1-3,12H,(H2,10,13). The third-order valence-electron chi connectivity index (χ3n) is 4.01. The van der Waals surface area contributed by atoms with E-state index < -0.39 is 12.0 Å². The van der Waals surface area contributed by atoms with Gasteiger partial charge in [0.2, 0.25) is 0 Å². The maximum Gasteiger partial charge on any atom is 0.265 e. The number of aliphatic hydroxyl groups is 1. The number of amides is 2. The molecule has 0 spiro atoms. The fourth-order valence-electron chi connectivity index (χ4n) is 2.51. The number of nitrogens with two attached hydrogens (primary N) is 1. The molecule has 2 amide bonds. The molecular weight excluding hydrogens is 380 g/mol. The van der Waals surface area contributed by atoms with Crippen molar-refractivity contribution >= 4 is 34.3 Å². The summed E-state index contributed by atoms with van der Waals surface area (Å²) in [7, 11) is 3.29. The largest absolute Gasteiger partial charge is 0.383 e. The molecule has 0 aliphatic heterocycles. The zero-order valence-electron chi connectivity index (χ0n) is 15.7. The molecule has 8 heteroatoms. The van der Waals surface area contributed by atoms with E-state index in [0.29, 0.717) is 17.3 Å². The van der Waals surface area contributed by atoms with Crippen molar-refractivity contribution in [2.75, 3.05) is 14.1 Å². The highest BCUT2D eigenvalue weighted by Crippen LogP contribution is 2.17. The van der Waals surface area contributed by atoms with Gasteiger partial charge < -0.3 is 20.7 Å². The number of benzene rings is 1. The molecule has 7 nitrogen and oxygen atoms in total. The minimum atomic E-state index is -0.889. The number of carbonyl (C=O) groups is 2. The average molecular weight is 403 g/mol. The van der Waals surface area contributed by atoms with E-state index in [1.54, 1.807) is 32.4 Å². The fourth-order valence-corrected chi connectivity index (χ4v) is 2.67. The van der Waals surface area contributed by atoms with E-state index in [-0.39, 0.29) is 5.91 Å². The number of rotatable bonds is 5. The van der Waals surface area contributed by atoms with Crippen LogP contribution in [0.1, 0.15) is 22.5 Å². The zero-order valence-corrected chi connectivity index (χ0v) is 16.5.